The van der Waals surface area contributed by atoms with Gasteiger partial charge in [-0.05, 0) is 18.1 Å². The lowest BCUT2D eigenvalue weighted by Crippen LogP contribution is -2.43. The predicted molar refractivity (Wildman–Crippen MR) is 92.2 cm³/mol. The van der Waals surface area contributed by atoms with Crippen LogP contribution in [0.2, 0.25) is 0 Å². The summed E-state index contributed by atoms with van der Waals surface area (Å²) >= 11 is 0. The van der Waals surface area contributed by atoms with E-state index in [-0.39, 0.29) is 12.3 Å². The van der Waals surface area contributed by atoms with E-state index in [1.54, 1.807) is 6.08 Å². The highest BCUT2D eigenvalue weighted by atomic mass is 16.4. The average molecular weight is 332 g/mol. The van der Waals surface area contributed by atoms with Crippen molar-refractivity contribution in [3.63, 3.8) is 0 Å². The lowest BCUT2D eigenvalue weighted by molar-refractivity contribution is -0.143. The first kappa shape index (κ1) is 19.4. The number of carbonyl (C=O) groups excluding carboxylic acids is 2. The monoisotopic (exact) mass is 332 g/mol. The van der Waals surface area contributed by atoms with Gasteiger partial charge < -0.3 is 15.7 Å². The summed E-state index contributed by atoms with van der Waals surface area (Å²) in [5, 5.41) is 14.1. The van der Waals surface area contributed by atoms with Crippen molar-refractivity contribution in [2.75, 3.05) is 6.54 Å². The highest BCUT2D eigenvalue weighted by molar-refractivity contribution is 5.95. The Balaban J connectivity index is 2.47. The first-order valence-electron chi connectivity index (χ1n) is 8.06. The molecule has 0 saturated heterocycles. The maximum atomic E-state index is 11.8. The van der Waals surface area contributed by atoms with Crippen molar-refractivity contribution in [1.29, 1.82) is 0 Å². The highest BCUT2D eigenvalue weighted by Gasteiger charge is 2.22. The number of carboxylic acids is 1. The molecule has 1 atom stereocenters. The standard InChI is InChI=1S/C18H24N2O4/c1-2-3-7-12-19-17(22)13-15(18(23)24)20-16(21)11-10-14-8-5-4-6-9-14/h4-6,8-11,15H,2-3,7,12-13H2,1H3,(H,19,22)(H,20,21)(H,23,24)/b11-10+/t15-/m1/s1. The summed E-state index contributed by atoms with van der Waals surface area (Å²) in [5.41, 5.74) is 0.827. The fraction of sp³-hybridized carbons (Fsp3) is 0.389. The molecular formula is C18H24N2O4. The van der Waals surface area contributed by atoms with Gasteiger partial charge in [0.15, 0.2) is 0 Å². The minimum absolute atomic E-state index is 0.285. The van der Waals surface area contributed by atoms with E-state index in [1.165, 1.54) is 6.08 Å². The summed E-state index contributed by atoms with van der Waals surface area (Å²) < 4.78 is 0. The van der Waals surface area contributed by atoms with Crippen LogP contribution in [0, 0.1) is 0 Å². The number of benzene rings is 1. The molecule has 0 aliphatic rings. The van der Waals surface area contributed by atoms with Crippen LogP contribution in [0.3, 0.4) is 0 Å². The third-order valence-electron chi connectivity index (χ3n) is 3.33. The van der Waals surface area contributed by atoms with Crippen molar-refractivity contribution in [3.05, 3.63) is 42.0 Å². The Hall–Kier alpha value is -2.63. The van der Waals surface area contributed by atoms with Gasteiger partial charge in [-0.25, -0.2) is 4.79 Å². The molecule has 0 spiro atoms. The van der Waals surface area contributed by atoms with E-state index in [1.807, 2.05) is 30.3 Å². The molecule has 3 N–H and O–H groups in total. The summed E-state index contributed by atoms with van der Waals surface area (Å²) in [5.74, 6) is -2.17. The maximum Gasteiger partial charge on any atom is 0.326 e. The lowest BCUT2D eigenvalue weighted by atomic mass is 10.1. The molecule has 0 heterocycles. The van der Waals surface area contributed by atoms with E-state index in [0.717, 1.165) is 24.8 Å². The van der Waals surface area contributed by atoms with Gasteiger partial charge in [-0.3, -0.25) is 9.59 Å². The third-order valence-corrected chi connectivity index (χ3v) is 3.33. The average Bonchev–Trinajstić information content (AvgIpc) is 2.57. The van der Waals surface area contributed by atoms with Gasteiger partial charge in [0.2, 0.25) is 11.8 Å². The van der Waals surface area contributed by atoms with E-state index in [4.69, 9.17) is 5.11 Å². The molecule has 1 aromatic carbocycles. The molecule has 0 bridgehead atoms. The normalized spacial score (nSPS) is 11.9. The van der Waals surface area contributed by atoms with Gasteiger partial charge in [-0.1, -0.05) is 50.1 Å². The smallest absolute Gasteiger partial charge is 0.326 e. The summed E-state index contributed by atoms with van der Waals surface area (Å²) in [7, 11) is 0. The molecule has 1 aromatic rings. The third kappa shape index (κ3) is 8.12. The topological polar surface area (TPSA) is 95.5 Å². The molecule has 0 radical (unpaired) electrons. The second kappa shape index (κ2) is 11.0. The van der Waals surface area contributed by atoms with Crippen molar-refractivity contribution in [2.24, 2.45) is 0 Å². The molecule has 0 aliphatic carbocycles. The van der Waals surface area contributed by atoms with Gasteiger partial charge in [0.25, 0.3) is 0 Å². The zero-order chi connectivity index (χ0) is 17.8. The molecule has 0 aromatic heterocycles. The Morgan fingerprint density at radius 1 is 1.17 bits per heavy atom. The first-order valence-corrected chi connectivity index (χ1v) is 8.06. The minimum atomic E-state index is -1.25. The number of nitrogens with one attached hydrogen (secondary N) is 2. The summed E-state index contributed by atoms with van der Waals surface area (Å²) in [6.45, 7) is 2.57. The number of carboxylic acid groups (broad SMARTS) is 1. The predicted octanol–water partition coefficient (Wildman–Crippen LogP) is 1.97. The van der Waals surface area contributed by atoms with Crippen LogP contribution in [0.1, 0.15) is 38.2 Å². The second-order valence-corrected chi connectivity index (χ2v) is 5.40. The van der Waals surface area contributed by atoms with E-state index in [2.05, 4.69) is 17.6 Å². The molecule has 6 nitrogen and oxygen atoms in total. The van der Waals surface area contributed by atoms with E-state index >= 15 is 0 Å². The van der Waals surface area contributed by atoms with Crippen molar-refractivity contribution in [1.82, 2.24) is 10.6 Å². The Labute approximate surface area is 141 Å². The molecule has 24 heavy (non-hydrogen) atoms. The SMILES string of the molecule is CCCCCNC(=O)C[C@@H](NC(=O)/C=C/c1ccccc1)C(=O)O. The number of hydrogen-bond acceptors (Lipinski definition) is 3. The van der Waals surface area contributed by atoms with Crippen LogP contribution in [-0.2, 0) is 14.4 Å². The molecule has 130 valence electrons. The Kier molecular flexibility index (Phi) is 8.89. The number of unbranched alkanes of at least 4 members (excludes halogenated alkanes) is 2. The zero-order valence-corrected chi connectivity index (χ0v) is 13.8. The molecule has 0 fully saturated rings. The largest absolute Gasteiger partial charge is 0.480 e. The summed E-state index contributed by atoms with van der Waals surface area (Å²) in [4.78, 5) is 34.8. The number of aliphatic carboxylic acids is 1. The van der Waals surface area contributed by atoms with Gasteiger partial charge in [0.05, 0.1) is 6.42 Å². The summed E-state index contributed by atoms with van der Waals surface area (Å²) in [6.07, 6.45) is 5.45. The molecule has 0 unspecified atom stereocenters. The van der Waals surface area contributed by atoms with Gasteiger partial charge in [-0.15, -0.1) is 0 Å². The van der Waals surface area contributed by atoms with Crippen LogP contribution in [0.25, 0.3) is 6.08 Å². The van der Waals surface area contributed by atoms with E-state index in [9.17, 15) is 14.4 Å². The summed E-state index contributed by atoms with van der Waals surface area (Å²) in [6, 6.07) is 7.92. The van der Waals surface area contributed by atoms with Crippen LogP contribution < -0.4 is 10.6 Å². The number of amides is 2. The van der Waals surface area contributed by atoms with Crippen LogP contribution in [0.15, 0.2) is 36.4 Å². The Morgan fingerprint density at radius 2 is 1.88 bits per heavy atom. The van der Waals surface area contributed by atoms with Gasteiger partial charge in [-0.2, -0.15) is 0 Å². The van der Waals surface area contributed by atoms with Gasteiger partial charge in [0.1, 0.15) is 6.04 Å². The van der Waals surface area contributed by atoms with Crippen LogP contribution >= 0.6 is 0 Å². The fourth-order valence-corrected chi connectivity index (χ4v) is 2.02. The molecule has 0 aliphatic heterocycles. The van der Waals surface area contributed by atoms with E-state index < -0.39 is 17.9 Å². The van der Waals surface area contributed by atoms with Crippen LogP contribution in [0.5, 0.6) is 0 Å². The molecule has 6 heteroatoms. The molecular weight excluding hydrogens is 308 g/mol. The first-order chi connectivity index (χ1) is 11.5. The maximum absolute atomic E-state index is 11.8. The van der Waals surface area contributed by atoms with Gasteiger partial charge >= 0.3 is 5.97 Å². The molecule has 0 saturated carbocycles. The van der Waals surface area contributed by atoms with Crippen molar-refractivity contribution in [3.8, 4) is 0 Å². The fourth-order valence-electron chi connectivity index (χ4n) is 2.02. The lowest BCUT2D eigenvalue weighted by Gasteiger charge is -2.13. The number of rotatable bonds is 10. The zero-order valence-electron chi connectivity index (χ0n) is 13.8. The van der Waals surface area contributed by atoms with Crippen molar-refractivity contribution >= 4 is 23.9 Å². The Morgan fingerprint density at radius 3 is 2.50 bits per heavy atom. The molecule has 2 amide bonds. The Bertz CT molecular complexity index is 570. The van der Waals surface area contributed by atoms with Crippen molar-refractivity contribution < 1.29 is 19.5 Å². The minimum Gasteiger partial charge on any atom is -0.480 e. The number of hydrogen-bond donors (Lipinski definition) is 3. The quantitative estimate of drug-likeness (QED) is 0.451. The highest BCUT2D eigenvalue weighted by Crippen LogP contribution is 2.01. The van der Waals surface area contributed by atoms with Crippen LogP contribution in [-0.4, -0.2) is 35.5 Å². The molecule has 1 rings (SSSR count). The second-order valence-electron chi connectivity index (χ2n) is 5.40. The number of carbonyl (C=O) groups is 3. The van der Waals surface area contributed by atoms with Gasteiger partial charge in [0, 0.05) is 12.6 Å². The van der Waals surface area contributed by atoms with Crippen LogP contribution in [0.4, 0.5) is 0 Å². The van der Waals surface area contributed by atoms with Crippen molar-refractivity contribution in [2.45, 2.75) is 38.6 Å². The van der Waals surface area contributed by atoms with E-state index in [0.29, 0.717) is 6.54 Å².